The molecule has 0 saturated heterocycles. The molecule has 0 fully saturated rings. The third-order valence-electron chi connectivity index (χ3n) is 4.85. The average Bonchev–Trinajstić information content (AvgIpc) is 2.72. The number of hydrogen-bond acceptors (Lipinski definition) is 5. The first-order valence-electron chi connectivity index (χ1n) is 9.60. The smallest absolute Gasteiger partial charge is 0.314 e. The molecule has 0 unspecified atom stereocenters. The van der Waals surface area contributed by atoms with Crippen molar-refractivity contribution < 1.29 is 9.66 Å². The minimum absolute atomic E-state index is 0.0135. The van der Waals surface area contributed by atoms with E-state index in [9.17, 15) is 10.1 Å². The van der Waals surface area contributed by atoms with Crippen LogP contribution in [0.4, 0.5) is 17.2 Å². The lowest BCUT2D eigenvalue weighted by Crippen LogP contribution is -2.03. The minimum atomic E-state index is -0.398. The van der Waals surface area contributed by atoms with Crippen molar-refractivity contribution in [1.82, 2.24) is 4.98 Å². The summed E-state index contributed by atoms with van der Waals surface area (Å²) in [5.74, 6) is 1.01. The zero-order chi connectivity index (χ0) is 21.1. The van der Waals surface area contributed by atoms with E-state index in [2.05, 4.69) is 10.3 Å². The molecule has 0 aliphatic heterocycles. The Balaban J connectivity index is 1.64. The van der Waals surface area contributed by atoms with Gasteiger partial charge in [-0.05, 0) is 55.1 Å². The van der Waals surface area contributed by atoms with Crippen LogP contribution in [-0.2, 0) is 6.61 Å². The van der Waals surface area contributed by atoms with Gasteiger partial charge in [0.1, 0.15) is 12.4 Å². The quantitative estimate of drug-likeness (QED) is 0.314. The van der Waals surface area contributed by atoms with Gasteiger partial charge in [0.05, 0.1) is 4.92 Å². The SMILES string of the molecule is Cc1cc(C)c([N+](=O)[O-])c(Nc2cccc3cc(OCc4ccccc4)ccc23)n1. The number of rotatable bonds is 6. The predicted molar refractivity (Wildman–Crippen MR) is 118 cm³/mol. The number of nitrogens with one attached hydrogen (secondary N) is 1. The average molecular weight is 399 g/mol. The molecule has 6 heteroatoms. The van der Waals surface area contributed by atoms with Gasteiger partial charge in [-0.3, -0.25) is 10.1 Å². The number of benzene rings is 3. The van der Waals surface area contributed by atoms with Crippen LogP contribution in [0.15, 0.2) is 72.8 Å². The van der Waals surface area contributed by atoms with Gasteiger partial charge in [0.15, 0.2) is 0 Å². The van der Waals surface area contributed by atoms with Crippen LogP contribution < -0.4 is 10.1 Å². The van der Waals surface area contributed by atoms with E-state index >= 15 is 0 Å². The third kappa shape index (κ3) is 4.07. The van der Waals surface area contributed by atoms with Gasteiger partial charge in [-0.25, -0.2) is 4.98 Å². The molecule has 0 saturated carbocycles. The van der Waals surface area contributed by atoms with E-state index in [4.69, 9.17) is 4.74 Å². The Morgan fingerprint density at radius 3 is 2.57 bits per heavy atom. The summed E-state index contributed by atoms with van der Waals surface area (Å²) in [6, 6.07) is 23.3. The van der Waals surface area contributed by atoms with Gasteiger partial charge < -0.3 is 10.1 Å². The van der Waals surface area contributed by atoms with Gasteiger partial charge in [-0.1, -0.05) is 42.5 Å². The molecule has 1 heterocycles. The minimum Gasteiger partial charge on any atom is -0.489 e. The highest BCUT2D eigenvalue weighted by Gasteiger charge is 2.20. The summed E-state index contributed by atoms with van der Waals surface area (Å²) in [6.07, 6.45) is 0. The topological polar surface area (TPSA) is 77.3 Å². The number of ether oxygens (including phenoxy) is 1. The van der Waals surface area contributed by atoms with Gasteiger partial charge in [0.2, 0.25) is 5.82 Å². The summed E-state index contributed by atoms with van der Waals surface area (Å²) >= 11 is 0. The van der Waals surface area contributed by atoms with Crippen molar-refractivity contribution >= 4 is 28.0 Å². The molecule has 0 bridgehead atoms. The van der Waals surface area contributed by atoms with E-state index in [0.29, 0.717) is 12.2 Å². The molecule has 30 heavy (non-hydrogen) atoms. The van der Waals surface area contributed by atoms with E-state index in [1.807, 2.05) is 73.7 Å². The zero-order valence-corrected chi connectivity index (χ0v) is 16.8. The van der Waals surface area contributed by atoms with E-state index in [1.165, 1.54) is 0 Å². The van der Waals surface area contributed by atoms with Crippen LogP contribution in [0.25, 0.3) is 10.8 Å². The summed E-state index contributed by atoms with van der Waals surface area (Å²) in [4.78, 5) is 15.5. The lowest BCUT2D eigenvalue weighted by molar-refractivity contribution is -0.384. The van der Waals surface area contributed by atoms with Crippen LogP contribution in [-0.4, -0.2) is 9.91 Å². The highest BCUT2D eigenvalue weighted by Crippen LogP contribution is 2.33. The fourth-order valence-corrected chi connectivity index (χ4v) is 3.48. The maximum atomic E-state index is 11.6. The summed E-state index contributed by atoms with van der Waals surface area (Å²) in [5, 5.41) is 16.6. The molecule has 6 nitrogen and oxygen atoms in total. The standard InChI is InChI=1S/C24H21N3O3/c1-16-13-17(2)25-24(23(16)27(28)29)26-22-10-6-9-19-14-20(11-12-21(19)22)30-15-18-7-4-3-5-8-18/h3-14H,15H2,1-2H3,(H,25,26). The fourth-order valence-electron chi connectivity index (χ4n) is 3.48. The van der Waals surface area contributed by atoms with Gasteiger partial charge in [-0.2, -0.15) is 0 Å². The molecule has 0 atom stereocenters. The van der Waals surface area contributed by atoms with Crippen molar-refractivity contribution in [3.8, 4) is 5.75 Å². The van der Waals surface area contributed by atoms with Crippen LogP contribution in [0, 0.1) is 24.0 Å². The van der Waals surface area contributed by atoms with Crippen LogP contribution in [0.1, 0.15) is 16.8 Å². The number of aromatic nitrogens is 1. The van der Waals surface area contributed by atoms with E-state index < -0.39 is 4.92 Å². The number of hydrogen-bond donors (Lipinski definition) is 1. The van der Waals surface area contributed by atoms with Crippen LogP contribution in [0.2, 0.25) is 0 Å². The Labute approximate surface area is 174 Å². The lowest BCUT2D eigenvalue weighted by Gasteiger charge is -2.13. The second kappa shape index (κ2) is 8.21. The first-order valence-corrected chi connectivity index (χ1v) is 9.60. The molecule has 4 rings (SSSR count). The summed E-state index contributed by atoms with van der Waals surface area (Å²) < 4.78 is 5.92. The van der Waals surface area contributed by atoms with Crippen molar-refractivity contribution in [2.45, 2.75) is 20.5 Å². The summed E-state index contributed by atoms with van der Waals surface area (Å²) in [6.45, 7) is 4.03. The van der Waals surface area contributed by atoms with E-state index in [1.54, 1.807) is 13.0 Å². The predicted octanol–water partition coefficient (Wildman–Crippen LogP) is 6.08. The monoisotopic (exact) mass is 399 g/mol. The van der Waals surface area contributed by atoms with Crippen LogP contribution in [0.5, 0.6) is 5.75 Å². The van der Waals surface area contributed by atoms with Crippen molar-refractivity contribution in [3.63, 3.8) is 0 Å². The molecule has 4 aromatic rings. The first-order chi connectivity index (χ1) is 14.5. The molecular weight excluding hydrogens is 378 g/mol. The number of anilines is 2. The van der Waals surface area contributed by atoms with Gasteiger partial charge in [0.25, 0.3) is 0 Å². The maximum absolute atomic E-state index is 11.6. The fraction of sp³-hybridized carbons (Fsp3) is 0.125. The van der Waals surface area contributed by atoms with E-state index in [0.717, 1.165) is 33.5 Å². The molecule has 3 aromatic carbocycles. The maximum Gasteiger partial charge on any atom is 0.314 e. The molecule has 1 aromatic heterocycles. The van der Waals surface area contributed by atoms with Crippen LogP contribution >= 0.6 is 0 Å². The second-order valence-corrected chi connectivity index (χ2v) is 7.12. The molecule has 0 aliphatic carbocycles. The lowest BCUT2D eigenvalue weighted by atomic mass is 10.1. The van der Waals surface area contributed by atoms with Crippen molar-refractivity contribution in [2.75, 3.05) is 5.32 Å². The largest absolute Gasteiger partial charge is 0.489 e. The number of aryl methyl sites for hydroxylation is 2. The normalized spacial score (nSPS) is 10.7. The molecule has 0 aliphatic rings. The number of pyridine rings is 1. The summed E-state index contributed by atoms with van der Waals surface area (Å²) in [7, 11) is 0. The highest BCUT2D eigenvalue weighted by molar-refractivity contribution is 5.96. The molecule has 0 amide bonds. The summed E-state index contributed by atoms with van der Waals surface area (Å²) in [5.41, 5.74) is 3.13. The molecule has 1 N–H and O–H groups in total. The Hall–Kier alpha value is -3.93. The number of nitrogens with zero attached hydrogens (tertiary/aromatic N) is 2. The Morgan fingerprint density at radius 2 is 1.80 bits per heavy atom. The van der Waals surface area contributed by atoms with Crippen molar-refractivity contribution in [1.29, 1.82) is 0 Å². The van der Waals surface area contributed by atoms with Crippen molar-refractivity contribution in [3.05, 3.63) is 99.7 Å². The van der Waals surface area contributed by atoms with Gasteiger partial charge in [0, 0.05) is 22.3 Å². The molecule has 150 valence electrons. The highest BCUT2D eigenvalue weighted by atomic mass is 16.6. The van der Waals surface area contributed by atoms with E-state index in [-0.39, 0.29) is 11.5 Å². The third-order valence-corrected chi connectivity index (χ3v) is 4.85. The van der Waals surface area contributed by atoms with Gasteiger partial charge in [-0.15, -0.1) is 0 Å². The first kappa shape index (κ1) is 19.4. The zero-order valence-electron chi connectivity index (χ0n) is 16.8. The number of fused-ring (bicyclic) bond motifs is 1. The molecular formula is C24H21N3O3. The molecule has 0 radical (unpaired) electrons. The Kier molecular flexibility index (Phi) is 5.30. The second-order valence-electron chi connectivity index (χ2n) is 7.12. The molecule has 0 spiro atoms. The number of nitro groups is 1. The van der Waals surface area contributed by atoms with Crippen molar-refractivity contribution in [2.24, 2.45) is 0 Å². The van der Waals surface area contributed by atoms with Gasteiger partial charge >= 0.3 is 5.69 Å². The van der Waals surface area contributed by atoms with Crippen LogP contribution in [0.3, 0.4) is 0 Å². The Bertz CT molecular complexity index is 1220. The Morgan fingerprint density at radius 1 is 1.00 bits per heavy atom.